The molecule has 0 spiro atoms. The van der Waals surface area contributed by atoms with Crippen LogP contribution in [0.5, 0.6) is 0 Å². The first-order valence-corrected chi connectivity index (χ1v) is 5.89. The Kier molecular flexibility index (Phi) is 3.37. The average molecular weight is 256 g/mol. The second-order valence-corrected chi connectivity index (χ2v) is 4.31. The highest BCUT2D eigenvalue weighted by Crippen LogP contribution is 2.15. The van der Waals surface area contributed by atoms with Gasteiger partial charge in [0.15, 0.2) is 0 Å². The van der Waals surface area contributed by atoms with Crippen LogP contribution in [0.3, 0.4) is 0 Å². The number of allylic oxidation sites excluding steroid dienone is 1. The van der Waals surface area contributed by atoms with Crippen LogP contribution in [0, 0.1) is 13.8 Å². The van der Waals surface area contributed by atoms with Crippen LogP contribution in [0.2, 0.25) is 0 Å². The standard InChI is InChI=1S/C14H16N4O/c1-9-10(2)17-18(14(9)16)13(19)8-12(15)11-6-4-3-5-7-11/h3-8H,15-16H2,1-2H3/b12-8-. The number of aromatic nitrogens is 2. The van der Waals surface area contributed by atoms with E-state index >= 15 is 0 Å². The van der Waals surface area contributed by atoms with Crippen LogP contribution in [0.25, 0.3) is 5.70 Å². The second kappa shape index (κ2) is 4.97. The zero-order valence-corrected chi connectivity index (χ0v) is 10.9. The molecule has 0 radical (unpaired) electrons. The van der Waals surface area contributed by atoms with Crippen molar-refractivity contribution < 1.29 is 4.79 Å². The molecule has 0 saturated carbocycles. The maximum absolute atomic E-state index is 12.1. The van der Waals surface area contributed by atoms with Crippen LogP contribution < -0.4 is 11.5 Å². The minimum absolute atomic E-state index is 0.347. The molecule has 0 amide bonds. The molecule has 1 aromatic heterocycles. The number of hydrogen-bond donors (Lipinski definition) is 2. The van der Waals surface area contributed by atoms with Crippen molar-refractivity contribution in [3.63, 3.8) is 0 Å². The van der Waals surface area contributed by atoms with Gasteiger partial charge in [0.1, 0.15) is 5.82 Å². The van der Waals surface area contributed by atoms with Crippen molar-refractivity contribution in [3.8, 4) is 0 Å². The summed E-state index contributed by atoms with van der Waals surface area (Å²) >= 11 is 0. The Bertz CT molecular complexity index is 641. The number of hydrogen-bond acceptors (Lipinski definition) is 4. The third-order valence-corrected chi connectivity index (χ3v) is 3.00. The number of nitrogens with zero attached hydrogens (tertiary/aromatic N) is 2. The summed E-state index contributed by atoms with van der Waals surface area (Å²) in [7, 11) is 0. The number of anilines is 1. The van der Waals surface area contributed by atoms with Gasteiger partial charge in [0.25, 0.3) is 5.91 Å². The lowest BCUT2D eigenvalue weighted by atomic mass is 10.1. The first-order chi connectivity index (χ1) is 9.00. The lowest BCUT2D eigenvalue weighted by Gasteiger charge is -2.02. The largest absolute Gasteiger partial charge is 0.398 e. The van der Waals surface area contributed by atoms with E-state index in [-0.39, 0.29) is 5.91 Å². The summed E-state index contributed by atoms with van der Waals surface area (Å²) in [6, 6.07) is 9.27. The van der Waals surface area contributed by atoms with Crippen molar-refractivity contribution in [2.75, 3.05) is 5.73 Å². The van der Waals surface area contributed by atoms with Gasteiger partial charge in [0.05, 0.1) is 5.69 Å². The topological polar surface area (TPSA) is 86.9 Å². The number of aryl methyl sites for hydroxylation is 1. The van der Waals surface area contributed by atoms with E-state index < -0.39 is 0 Å². The maximum Gasteiger partial charge on any atom is 0.274 e. The summed E-state index contributed by atoms with van der Waals surface area (Å²) in [5.74, 6) is -0.00494. The number of nitrogens with two attached hydrogens (primary N) is 2. The van der Waals surface area contributed by atoms with Crippen LogP contribution in [0.4, 0.5) is 5.82 Å². The highest BCUT2D eigenvalue weighted by atomic mass is 16.2. The van der Waals surface area contributed by atoms with Gasteiger partial charge in [-0.1, -0.05) is 30.3 Å². The van der Waals surface area contributed by atoms with Crippen molar-refractivity contribution >= 4 is 17.4 Å². The van der Waals surface area contributed by atoms with Gasteiger partial charge in [0.2, 0.25) is 0 Å². The highest BCUT2D eigenvalue weighted by Gasteiger charge is 2.13. The summed E-state index contributed by atoms with van der Waals surface area (Å²) in [6.07, 6.45) is 1.33. The molecule has 5 nitrogen and oxygen atoms in total. The van der Waals surface area contributed by atoms with Gasteiger partial charge in [-0.05, 0) is 19.4 Å². The van der Waals surface area contributed by atoms with Crippen molar-refractivity contribution in [1.29, 1.82) is 0 Å². The molecular weight excluding hydrogens is 240 g/mol. The molecule has 2 rings (SSSR count). The summed E-state index contributed by atoms with van der Waals surface area (Å²) in [6.45, 7) is 3.63. The summed E-state index contributed by atoms with van der Waals surface area (Å²) in [4.78, 5) is 12.1. The van der Waals surface area contributed by atoms with Crippen LogP contribution in [0.1, 0.15) is 21.6 Å². The van der Waals surface area contributed by atoms with E-state index in [9.17, 15) is 4.79 Å². The molecule has 0 saturated heterocycles. The third-order valence-electron chi connectivity index (χ3n) is 3.00. The SMILES string of the molecule is Cc1nn(C(=O)/C=C(\N)c2ccccc2)c(N)c1C. The predicted octanol–water partition coefficient (Wildman–Crippen LogP) is 1.72. The fraction of sp³-hybridized carbons (Fsp3) is 0.143. The Labute approximate surface area is 111 Å². The van der Waals surface area contributed by atoms with E-state index in [4.69, 9.17) is 11.5 Å². The van der Waals surface area contributed by atoms with E-state index in [0.29, 0.717) is 11.5 Å². The molecule has 0 aliphatic rings. The Balaban J connectivity index is 2.33. The molecule has 2 aromatic rings. The fourth-order valence-electron chi connectivity index (χ4n) is 1.70. The number of benzene rings is 1. The van der Waals surface area contributed by atoms with E-state index in [0.717, 1.165) is 16.8 Å². The van der Waals surface area contributed by atoms with Crippen molar-refractivity contribution in [1.82, 2.24) is 9.78 Å². The zero-order chi connectivity index (χ0) is 14.0. The molecular formula is C14H16N4O. The van der Waals surface area contributed by atoms with Gasteiger partial charge < -0.3 is 11.5 Å². The lowest BCUT2D eigenvalue weighted by Crippen LogP contribution is -2.14. The normalized spacial score (nSPS) is 11.6. The lowest BCUT2D eigenvalue weighted by molar-refractivity contribution is 0.0957. The highest BCUT2D eigenvalue weighted by molar-refractivity contribution is 5.97. The molecule has 0 atom stereocenters. The van der Waals surface area contributed by atoms with Crippen molar-refractivity contribution in [2.24, 2.45) is 5.73 Å². The Hall–Kier alpha value is -2.56. The average Bonchev–Trinajstić information content (AvgIpc) is 2.67. The first kappa shape index (κ1) is 12.9. The summed E-state index contributed by atoms with van der Waals surface area (Å²) in [5.41, 5.74) is 14.4. The molecule has 0 bridgehead atoms. The Morgan fingerprint density at radius 1 is 1.26 bits per heavy atom. The van der Waals surface area contributed by atoms with Gasteiger partial charge >= 0.3 is 0 Å². The van der Waals surface area contributed by atoms with Crippen LogP contribution >= 0.6 is 0 Å². The number of carbonyl (C=O) groups excluding carboxylic acids is 1. The van der Waals surface area contributed by atoms with Crippen LogP contribution in [0.15, 0.2) is 36.4 Å². The quantitative estimate of drug-likeness (QED) is 0.801. The molecule has 1 aromatic carbocycles. The number of carbonyl (C=O) groups is 1. The molecule has 0 aliphatic carbocycles. The fourth-order valence-corrected chi connectivity index (χ4v) is 1.70. The smallest absolute Gasteiger partial charge is 0.274 e. The molecule has 0 unspecified atom stereocenters. The molecule has 0 fully saturated rings. The minimum Gasteiger partial charge on any atom is -0.398 e. The van der Waals surface area contributed by atoms with E-state index in [1.165, 1.54) is 10.8 Å². The third kappa shape index (κ3) is 2.49. The van der Waals surface area contributed by atoms with Gasteiger partial charge in [-0.3, -0.25) is 4.79 Å². The summed E-state index contributed by atoms with van der Waals surface area (Å²) in [5, 5.41) is 4.10. The number of nitrogen functional groups attached to an aromatic ring is 1. The molecule has 0 aliphatic heterocycles. The van der Waals surface area contributed by atoms with Gasteiger partial charge in [0, 0.05) is 17.3 Å². The van der Waals surface area contributed by atoms with E-state index in [1.54, 1.807) is 6.92 Å². The molecule has 98 valence electrons. The van der Waals surface area contributed by atoms with Gasteiger partial charge in [-0.2, -0.15) is 9.78 Å². The first-order valence-electron chi connectivity index (χ1n) is 5.89. The zero-order valence-electron chi connectivity index (χ0n) is 10.9. The van der Waals surface area contributed by atoms with E-state index in [1.807, 2.05) is 37.3 Å². The monoisotopic (exact) mass is 256 g/mol. The van der Waals surface area contributed by atoms with E-state index in [2.05, 4.69) is 5.10 Å². The minimum atomic E-state index is -0.352. The predicted molar refractivity (Wildman–Crippen MR) is 75.3 cm³/mol. The molecule has 4 N–H and O–H groups in total. The Morgan fingerprint density at radius 3 is 2.42 bits per heavy atom. The molecule has 5 heteroatoms. The molecule has 19 heavy (non-hydrogen) atoms. The Morgan fingerprint density at radius 2 is 1.89 bits per heavy atom. The van der Waals surface area contributed by atoms with Crippen LogP contribution in [-0.2, 0) is 0 Å². The van der Waals surface area contributed by atoms with Crippen molar-refractivity contribution in [2.45, 2.75) is 13.8 Å². The summed E-state index contributed by atoms with van der Waals surface area (Å²) < 4.78 is 1.17. The van der Waals surface area contributed by atoms with Gasteiger partial charge in [-0.15, -0.1) is 0 Å². The maximum atomic E-state index is 12.1. The van der Waals surface area contributed by atoms with Crippen LogP contribution in [-0.4, -0.2) is 15.7 Å². The number of rotatable bonds is 2. The van der Waals surface area contributed by atoms with Gasteiger partial charge in [-0.25, -0.2) is 0 Å². The second-order valence-electron chi connectivity index (χ2n) is 4.31. The van der Waals surface area contributed by atoms with Crippen molar-refractivity contribution in [3.05, 3.63) is 53.2 Å². The molecule has 1 heterocycles.